The Morgan fingerprint density at radius 2 is 1.62 bits per heavy atom. The van der Waals surface area contributed by atoms with Crippen LogP contribution in [0.3, 0.4) is 0 Å². The summed E-state index contributed by atoms with van der Waals surface area (Å²) in [4.78, 5) is 30.7. The molecule has 24 heavy (non-hydrogen) atoms. The number of amides is 2. The van der Waals surface area contributed by atoms with Crippen LogP contribution in [0.1, 0.15) is 46.0 Å². The summed E-state index contributed by atoms with van der Waals surface area (Å²) in [5, 5.41) is 2.86. The number of carbonyl (C=O) groups is 2. The monoisotopic (exact) mass is 325 g/mol. The van der Waals surface area contributed by atoms with Gasteiger partial charge in [-0.15, -0.1) is 0 Å². The first-order valence-electron chi connectivity index (χ1n) is 8.11. The van der Waals surface area contributed by atoms with Crippen LogP contribution in [-0.2, 0) is 0 Å². The van der Waals surface area contributed by atoms with Gasteiger partial charge in [0.15, 0.2) is 0 Å². The minimum absolute atomic E-state index is 0.165. The highest BCUT2D eigenvalue weighted by molar-refractivity contribution is 6.04. The van der Waals surface area contributed by atoms with Crippen molar-refractivity contribution in [3.05, 3.63) is 58.9 Å². The van der Waals surface area contributed by atoms with Gasteiger partial charge in [0.05, 0.1) is 0 Å². The molecule has 0 saturated carbocycles. The van der Waals surface area contributed by atoms with Crippen LogP contribution < -0.4 is 5.32 Å². The van der Waals surface area contributed by atoms with Crippen molar-refractivity contribution in [2.24, 2.45) is 0 Å². The molecule has 126 valence electrons. The average molecular weight is 325 g/mol. The van der Waals surface area contributed by atoms with Crippen molar-refractivity contribution in [1.29, 1.82) is 0 Å². The minimum atomic E-state index is -0.321. The maximum absolute atomic E-state index is 12.5. The summed E-state index contributed by atoms with van der Waals surface area (Å²) in [6.07, 6.45) is 0. The summed E-state index contributed by atoms with van der Waals surface area (Å²) in [5.74, 6) is -0.487. The van der Waals surface area contributed by atoms with Gasteiger partial charge in [-0.1, -0.05) is 18.2 Å². The summed E-state index contributed by atoms with van der Waals surface area (Å²) in [6, 6.07) is 10.7. The lowest BCUT2D eigenvalue weighted by molar-refractivity contribution is 0.0767. The Balaban J connectivity index is 2.23. The predicted octanol–water partition coefficient (Wildman–Crippen LogP) is 3.43. The van der Waals surface area contributed by atoms with Crippen molar-refractivity contribution in [2.75, 3.05) is 18.4 Å². The molecule has 2 amide bonds. The van der Waals surface area contributed by atoms with E-state index in [-0.39, 0.29) is 23.2 Å². The number of aromatic nitrogens is 1. The van der Waals surface area contributed by atoms with Gasteiger partial charge < -0.3 is 10.2 Å². The highest BCUT2D eigenvalue weighted by atomic mass is 16.2. The Morgan fingerprint density at radius 3 is 2.29 bits per heavy atom. The molecule has 2 rings (SSSR count). The first-order chi connectivity index (χ1) is 11.5. The number of anilines is 1. The highest BCUT2D eigenvalue weighted by Crippen LogP contribution is 2.18. The number of aryl methyl sites for hydroxylation is 1. The second-order valence-corrected chi connectivity index (χ2v) is 5.59. The fourth-order valence-electron chi connectivity index (χ4n) is 2.43. The van der Waals surface area contributed by atoms with E-state index in [1.54, 1.807) is 23.1 Å². The Labute approximate surface area is 142 Å². The summed E-state index contributed by atoms with van der Waals surface area (Å²) < 4.78 is 0. The Hall–Kier alpha value is -2.69. The molecule has 0 saturated heterocycles. The van der Waals surface area contributed by atoms with Crippen molar-refractivity contribution < 1.29 is 9.59 Å². The van der Waals surface area contributed by atoms with E-state index in [2.05, 4.69) is 10.3 Å². The van der Waals surface area contributed by atoms with Gasteiger partial charge in [-0.3, -0.25) is 9.59 Å². The van der Waals surface area contributed by atoms with Crippen LogP contribution in [0.15, 0.2) is 36.4 Å². The maximum atomic E-state index is 12.5. The van der Waals surface area contributed by atoms with Gasteiger partial charge in [-0.25, -0.2) is 4.98 Å². The maximum Gasteiger partial charge on any atom is 0.274 e. The molecule has 1 heterocycles. The summed E-state index contributed by atoms with van der Waals surface area (Å²) in [6.45, 7) is 8.99. The quantitative estimate of drug-likeness (QED) is 0.916. The van der Waals surface area contributed by atoms with Gasteiger partial charge in [-0.2, -0.15) is 0 Å². The van der Waals surface area contributed by atoms with Crippen molar-refractivity contribution in [2.45, 2.75) is 27.7 Å². The molecular formula is C19H23N3O2. The first-order valence-corrected chi connectivity index (χ1v) is 8.11. The molecule has 0 spiro atoms. The molecule has 2 aromatic rings. The van der Waals surface area contributed by atoms with Gasteiger partial charge in [0.2, 0.25) is 0 Å². The van der Waals surface area contributed by atoms with Crippen molar-refractivity contribution in [3.8, 4) is 0 Å². The third-order valence-electron chi connectivity index (χ3n) is 4.10. The van der Waals surface area contributed by atoms with E-state index in [0.29, 0.717) is 13.1 Å². The van der Waals surface area contributed by atoms with E-state index in [4.69, 9.17) is 0 Å². The molecule has 0 radical (unpaired) electrons. The van der Waals surface area contributed by atoms with E-state index in [9.17, 15) is 9.59 Å². The number of carbonyl (C=O) groups excluding carboxylic acids is 2. The van der Waals surface area contributed by atoms with E-state index in [1.165, 1.54) is 0 Å². The fraction of sp³-hybridized carbons (Fsp3) is 0.316. The highest BCUT2D eigenvalue weighted by Gasteiger charge is 2.16. The number of hydrogen-bond donors (Lipinski definition) is 1. The predicted molar refractivity (Wildman–Crippen MR) is 95.4 cm³/mol. The van der Waals surface area contributed by atoms with Crippen molar-refractivity contribution in [3.63, 3.8) is 0 Å². The van der Waals surface area contributed by atoms with Crippen LogP contribution in [0.4, 0.5) is 5.69 Å². The smallest absolute Gasteiger partial charge is 0.274 e. The second kappa shape index (κ2) is 7.73. The first kappa shape index (κ1) is 17.7. The van der Waals surface area contributed by atoms with Crippen LogP contribution in [0.2, 0.25) is 0 Å². The molecule has 0 unspecified atom stereocenters. The standard InChI is InChI=1S/C19H23N3O2/c1-5-22(6-2)19(24)17-12-8-11-16(20-17)18(23)21-15-10-7-9-13(3)14(15)4/h7-12H,5-6H2,1-4H3,(H,21,23). The fourth-order valence-corrected chi connectivity index (χ4v) is 2.43. The molecule has 1 aromatic carbocycles. The van der Waals surface area contributed by atoms with E-state index in [1.807, 2.05) is 45.9 Å². The molecule has 1 aromatic heterocycles. The van der Waals surface area contributed by atoms with Gasteiger partial charge in [-0.05, 0) is 57.0 Å². The SMILES string of the molecule is CCN(CC)C(=O)c1cccc(C(=O)Nc2cccc(C)c2C)n1. The lowest BCUT2D eigenvalue weighted by atomic mass is 10.1. The van der Waals surface area contributed by atoms with Crippen LogP contribution in [0, 0.1) is 13.8 Å². The van der Waals surface area contributed by atoms with E-state index >= 15 is 0 Å². The minimum Gasteiger partial charge on any atom is -0.338 e. The summed E-state index contributed by atoms with van der Waals surface area (Å²) in [5.41, 5.74) is 3.39. The lowest BCUT2D eigenvalue weighted by Crippen LogP contribution is -2.31. The second-order valence-electron chi connectivity index (χ2n) is 5.59. The van der Waals surface area contributed by atoms with Gasteiger partial charge >= 0.3 is 0 Å². The Kier molecular flexibility index (Phi) is 5.68. The molecule has 5 heteroatoms. The average Bonchev–Trinajstić information content (AvgIpc) is 2.60. The number of nitrogens with one attached hydrogen (secondary N) is 1. The van der Waals surface area contributed by atoms with Crippen LogP contribution in [0.5, 0.6) is 0 Å². The lowest BCUT2D eigenvalue weighted by Gasteiger charge is -2.18. The van der Waals surface area contributed by atoms with Crippen molar-refractivity contribution >= 4 is 17.5 Å². The van der Waals surface area contributed by atoms with Gasteiger partial charge in [0.25, 0.3) is 11.8 Å². The number of rotatable bonds is 5. The molecule has 0 fully saturated rings. The van der Waals surface area contributed by atoms with E-state index in [0.717, 1.165) is 16.8 Å². The van der Waals surface area contributed by atoms with Crippen LogP contribution in [0.25, 0.3) is 0 Å². The normalized spacial score (nSPS) is 10.3. The topological polar surface area (TPSA) is 62.3 Å². The number of nitrogens with zero attached hydrogens (tertiary/aromatic N) is 2. The zero-order valence-corrected chi connectivity index (χ0v) is 14.6. The van der Waals surface area contributed by atoms with Gasteiger partial charge in [0.1, 0.15) is 11.4 Å². The number of pyridine rings is 1. The van der Waals surface area contributed by atoms with Crippen molar-refractivity contribution in [1.82, 2.24) is 9.88 Å². The number of hydrogen-bond acceptors (Lipinski definition) is 3. The Morgan fingerprint density at radius 1 is 1.00 bits per heavy atom. The molecule has 0 atom stereocenters. The van der Waals surface area contributed by atoms with Gasteiger partial charge in [0, 0.05) is 18.8 Å². The third-order valence-corrected chi connectivity index (χ3v) is 4.10. The molecule has 0 bridgehead atoms. The zero-order valence-electron chi connectivity index (χ0n) is 14.6. The van der Waals surface area contributed by atoms with Crippen LogP contribution >= 0.6 is 0 Å². The summed E-state index contributed by atoms with van der Waals surface area (Å²) in [7, 11) is 0. The molecule has 0 aliphatic rings. The molecule has 0 aliphatic heterocycles. The molecule has 5 nitrogen and oxygen atoms in total. The largest absolute Gasteiger partial charge is 0.338 e. The molecular weight excluding hydrogens is 302 g/mol. The third kappa shape index (κ3) is 3.79. The molecule has 1 N–H and O–H groups in total. The summed E-state index contributed by atoms with van der Waals surface area (Å²) >= 11 is 0. The molecule has 0 aliphatic carbocycles. The van der Waals surface area contributed by atoms with E-state index < -0.39 is 0 Å². The zero-order chi connectivity index (χ0) is 17.7. The number of benzene rings is 1. The Bertz CT molecular complexity index is 752. The van der Waals surface area contributed by atoms with Crippen LogP contribution in [-0.4, -0.2) is 34.8 Å².